The molecule has 0 aromatic heterocycles. The molecule has 1 N–H and O–H groups in total. The summed E-state index contributed by atoms with van der Waals surface area (Å²) in [4.78, 5) is 0. The summed E-state index contributed by atoms with van der Waals surface area (Å²) in [6.07, 6.45) is 6.03. The Morgan fingerprint density at radius 3 is 2.81 bits per heavy atom. The third-order valence-corrected chi connectivity index (χ3v) is 5.24. The van der Waals surface area contributed by atoms with Crippen LogP contribution in [0.1, 0.15) is 64.5 Å². The molecule has 0 amide bonds. The Bertz CT molecular complexity index is 472. The van der Waals surface area contributed by atoms with Gasteiger partial charge in [0, 0.05) is 11.1 Å². The van der Waals surface area contributed by atoms with E-state index in [2.05, 4.69) is 26.1 Å². The van der Waals surface area contributed by atoms with Crippen LogP contribution < -0.4 is 5.32 Å². The van der Waals surface area contributed by atoms with Crippen molar-refractivity contribution in [1.82, 2.24) is 5.32 Å². The van der Waals surface area contributed by atoms with E-state index in [1.54, 1.807) is 12.1 Å². The Hall–Kier alpha value is -0.600. The molecule has 1 fully saturated rings. The summed E-state index contributed by atoms with van der Waals surface area (Å²) in [5, 5.41) is 4.30. The first-order valence-electron chi connectivity index (χ1n) is 8.14. The van der Waals surface area contributed by atoms with Gasteiger partial charge in [-0.25, -0.2) is 4.39 Å². The van der Waals surface area contributed by atoms with Gasteiger partial charge < -0.3 is 5.32 Å². The minimum Gasteiger partial charge on any atom is -0.310 e. The molecule has 0 heterocycles. The minimum absolute atomic E-state index is 0.142. The van der Waals surface area contributed by atoms with Crippen LogP contribution in [-0.4, -0.2) is 6.54 Å². The number of benzene rings is 1. The third-order valence-electron chi connectivity index (χ3n) is 4.90. The average molecular weight is 312 g/mol. The van der Waals surface area contributed by atoms with Crippen LogP contribution in [0.4, 0.5) is 4.39 Å². The van der Waals surface area contributed by atoms with Gasteiger partial charge in [0.1, 0.15) is 5.82 Å². The molecule has 1 nitrogen and oxygen atoms in total. The molecule has 3 heteroatoms. The molecule has 0 radical (unpaired) electrons. The number of hydrogen-bond acceptors (Lipinski definition) is 1. The predicted octanol–water partition coefficient (Wildman–Crippen LogP) is 5.74. The fraction of sp³-hybridized carbons (Fsp3) is 0.667. The van der Waals surface area contributed by atoms with Crippen LogP contribution in [0.25, 0.3) is 0 Å². The Kier molecular flexibility index (Phi) is 5.67. The lowest BCUT2D eigenvalue weighted by molar-refractivity contribution is 0.0981. The summed E-state index contributed by atoms with van der Waals surface area (Å²) in [6.45, 7) is 7.77. The predicted molar refractivity (Wildman–Crippen MR) is 88.2 cm³/mol. The van der Waals surface area contributed by atoms with Crippen LogP contribution in [0.2, 0.25) is 5.02 Å². The lowest BCUT2D eigenvalue weighted by atomic mass is 9.64. The Balaban J connectivity index is 2.35. The van der Waals surface area contributed by atoms with E-state index >= 15 is 0 Å². The Morgan fingerprint density at radius 1 is 1.38 bits per heavy atom. The summed E-state index contributed by atoms with van der Waals surface area (Å²) < 4.78 is 13.7. The van der Waals surface area contributed by atoms with Crippen LogP contribution in [0.15, 0.2) is 18.2 Å². The highest BCUT2D eigenvalue weighted by molar-refractivity contribution is 6.31. The van der Waals surface area contributed by atoms with E-state index < -0.39 is 0 Å². The second kappa shape index (κ2) is 7.11. The first kappa shape index (κ1) is 16.8. The molecular weight excluding hydrogens is 285 g/mol. The maximum atomic E-state index is 13.7. The molecule has 2 unspecified atom stereocenters. The van der Waals surface area contributed by atoms with Crippen molar-refractivity contribution in [3.8, 4) is 0 Å². The van der Waals surface area contributed by atoms with Gasteiger partial charge in [-0.2, -0.15) is 0 Å². The van der Waals surface area contributed by atoms with Crippen LogP contribution in [-0.2, 0) is 0 Å². The highest BCUT2D eigenvalue weighted by Crippen LogP contribution is 2.47. The van der Waals surface area contributed by atoms with Crippen LogP contribution in [0.3, 0.4) is 0 Å². The van der Waals surface area contributed by atoms with Crippen molar-refractivity contribution in [2.24, 2.45) is 11.3 Å². The highest BCUT2D eigenvalue weighted by Gasteiger charge is 2.38. The average Bonchev–Trinajstić information content (AvgIpc) is 2.44. The molecule has 1 aliphatic carbocycles. The standard InChI is InChI=1S/C18H27ClFN/c1-4-11-21-17(14-12-13(20)8-9-16(14)19)15-7-5-6-10-18(15,2)3/h8-9,12,15,17,21H,4-7,10-11H2,1-3H3. The number of halogens is 2. The van der Waals surface area contributed by atoms with Gasteiger partial charge in [0.05, 0.1) is 0 Å². The summed E-state index contributed by atoms with van der Waals surface area (Å²) in [5.41, 5.74) is 1.18. The quantitative estimate of drug-likeness (QED) is 0.731. The maximum absolute atomic E-state index is 13.7. The summed E-state index contributed by atoms with van der Waals surface area (Å²) >= 11 is 6.38. The zero-order valence-corrected chi connectivity index (χ0v) is 14.1. The van der Waals surface area contributed by atoms with Crippen molar-refractivity contribution in [2.75, 3.05) is 6.54 Å². The van der Waals surface area contributed by atoms with E-state index in [0.29, 0.717) is 10.9 Å². The first-order chi connectivity index (χ1) is 9.95. The monoisotopic (exact) mass is 311 g/mol. The maximum Gasteiger partial charge on any atom is 0.123 e. The minimum atomic E-state index is -0.202. The van der Waals surface area contributed by atoms with Crippen molar-refractivity contribution < 1.29 is 4.39 Å². The van der Waals surface area contributed by atoms with E-state index in [1.165, 1.54) is 31.7 Å². The summed E-state index contributed by atoms with van der Waals surface area (Å²) in [5.74, 6) is 0.295. The molecular formula is C18H27ClFN. The lowest BCUT2D eigenvalue weighted by Gasteiger charge is -2.44. The van der Waals surface area contributed by atoms with Gasteiger partial charge >= 0.3 is 0 Å². The molecule has 1 aromatic carbocycles. The largest absolute Gasteiger partial charge is 0.310 e. The molecule has 1 aliphatic rings. The molecule has 0 aliphatic heterocycles. The van der Waals surface area contributed by atoms with Gasteiger partial charge in [-0.05, 0) is 60.9 Å². The smallest absolute Gasteiger partial charge is 0.123 e. The van der Waals surface area contributed by atoms with Crippen molar-refractivity contribution in [3.05, 3.63) is 34.6 Å². The van der Waals surface area contributed by atoms with E-state index in [0.717, 1.165) is 18.5 Å². The van der Waals surface area contributed by atoms with Crippen LogP contribution in [0.5, 0.6) is 0 Å². The summed E-state index contributed by atoms with van der Waals surface area (Å²) in [7, 11) is 0. The molecule has 0 spiro atoms. The van der Waals surface area contributed by atoms with Crippen molar-refractivity contribution >= 4 is 11.6 Å². The van der Waals surface area contributed by atoms with Crippen LogP contribution >= 0.6 is 11.6 Å². The second-order valence-electron chi connectivity index (χ2n) is 6.94. The first-order valence-corrected chi connectivity index (χ1v) is 8.52. The SMILES string of the molecule is CCCNC(c1cc(F)ccc1Cl)C1CCCCC1(C)C. The lowest BCUT2D eigenvalue weighted by Crippen LogP contribution is -2.39. The molecule has 2 atom stereocenters. The van der Waals surface area contributed by atoms with Crippen molar-refractivity contribution in [1.29, 1.82) is 0 Å². The summed E-state index contributed by atoms with van der Waals surface area (Å²) in [6, 6.07) is 4.88. The Morgan fingerprint density at radius 2 is 2.14 bits per heavy atom. The van der Waals surface area contributed by atoms with E-state index in [1.807, 2.05) is 0 Å². The van der Waals surface area contributed by atoms with Gasteiger partial charge in [-0.3, -0.25) is 0 Å². The van der Waals surface area contributed by atoms with Crippen molar-refractivity contribution in [3.63, 3.8) is 0 Å². The zero-order chi connectivity index (χ0) is 15.5. The van der Waals surface area contributed by atoms with Gasteiger partial charge in [-0.1, -0.05) is 45.2 Å². The number of hydrogen-bond donors (Lipinski definition) is 1. The topological polar surface area (TPSA) is 12.0 Å². The second-order valence-corrected chi connectivity index (χ2v) is 7.35. The van der Waals surface area contributed by atoms with E-state index in [9.17, 15) is 4.39 Å². The number of rotatable bonds is 5. The molecule has 2 rings (SSSR count). The van der Waals surface area contributed by atoms with Crippen molar-refractivity contribution in [2.45, 2.75) is 58.9 Å². The third kappa shape index (κ3) is 3.98. The van der Waals surface area contributed by atoms with Gasteiger partial charge in [0.2, 0.25) is 0 Å². The molecule has 0 saturated heterocycles. The van der Waals surface area contributed by atoms with Gasteiger partial charge in [0.15, 0.2) is 0 Å². The Labute approximate surface area is 133 Å². The normalized spacial score (nSPS) is 23.0. The van der Waals surface area contributed by atoms with Gasteiger partial charge in [-0.15, -0.1) is 0 Å². The zero-order valence-electron chi connectivity index (χ0n) is 13.4. The van der Waals surface area contributed by atoms with Crippen LogP contribution in [0, 0.1) is 17.2 Å². The number of nitrogens with one attached hydrogen (secondary N) is 1. The molecule has 21 heavy (non-hydrogen) atoms. The highest BCUT2D eigenvalue weighted by atomic mass is 35.5. The van der Waals surface area contributed by atoms with E-state index in [-0.39, 0.29) is 17.3 Å². The molecule has 1 saturated carbocycles. The van der Waals surface area contributed by atoms with Gasteiger partial charge in [0.25, 0.3) is 0 Å². The molecule has 118 valence electrons. The molecule has 0 bridgehead atoms. The molecule has 1 aromatic rings. The fourth-order valence-electron chi connectivity index (χ4n) is 3.66. The fourth-order valence-corrected chi connectivity index (χ4v) is 3.90. The van der Waals surface area contributed by atoms with E-state index in [4.69, 9.17) is 11.6 Å².